The van der Waals surface area contributed by atoms with Crippen LogP contribution in [0, 0.1) is 6.92 Å². The van der Waals surface area contributed by atoms with E-state index in [4.69, 9.17) is 27.9 Å². The van der Waals surface area contributed by atoms with Crippen molar-refractivity contribution < 1.29 is 4.74 Å². The number of methoxy groups -OCH3 is 1. The van der Waals surface area contributed by atoms with Gasteiger partial charge in [-0.15, -0.1) is 11.6 Å². The smallest absolute Gasteiger partial charge is 0.129 e. The summed E-state index contributed by atoms with van der Waals surface area (Å²) in [6.45, 7) is 2.01. The molecule has 1 aromatic heterocycles. The van der Waals surface area contributed by atoms with Crippen LogP contribution in [0.4, 0.5) is 0 Å². The molecule has 0 saturated heterocycles. The summed E-state index contributed by atoms with van der Waals surface area (Å²) >= 11 is 12.3. The second kappa shape index (κ2) is 5.58. The van der Waals surface area contributed by atoms with E-state index in [0.717, 1.165) is 33.9 Å². The van der Waals surface area contributed by atoms with Crippen LogP contribution < -0.4 is 4.74 Å². The molecule has 0 N–H and O–H groups in total. The monoisotopic (exact) mass is 320 g/mol. The molecule has 2 aromatic carbocycles. The number of alkyl halides is 1. The molecule has 1 heterocycles. The van der Waals surface area contributed by atoms with E-state index in [2.05, 4.69) is 11.1 Å². The third-order valence-corrected chi connectivity index (χ3v) is 4.01. The number of hydrogen-bond acceptors (Lipinski definition) is 2. The Hall–Kier alpha value is -1.71. The first-order chi connectivity index (χ1) is 10.2. The third kappa shape index (κ3) is 2.37. The molecule has 108 valence electrons. The van der Waals surface area contributed by atoms with Gasteiger partial charge in [-0.1, -0.05) is 17.7 Å². The van der Waals surface area contributed by atoms with Gasteiger partial charge in [-0.2, -0.15) is 0 Å². The van der Waals surface area contributed by atoms with E-state index in [0.29, 0.717) is 10.9 Å². The van der Waals surface area contributed by atoms with Crippen LogP contribution in [0.25, 0.3) is 16.7 Å². The van der Waals surface area contributed by atoms with Gasteiger partial charge in [0, 0.05) is 5.69 Å². The van der Waals surface area contributed by atoms with Crippen molar-refractivity contribution in [3.63, 3.8) is 0 Å². The largest absolute Gasteiger partial charge is 0.496 e. The summed E-state index contributed by atoms with van der Waals surface area (Å²) in [7, 11) is 1.67. The second-order valence-corrected chi connectivity index (χ2v) is 5.43. The van der Waals surface area contributed by atoms with Crippen LogP contribution in [0.1, 0.15) is 11.4 Å². The van der Waals surface area contributed by atoms with Gasteiger partial charge in [-0.25, -0.2) is 4.98 Å². The van der Waals surface area contributed by atoms with Gasteiger partial charge >= 0.3 is 0 Å². The maximum Gasteiger partial charge on any atom is 0.129 e. The number of hydrogen-bond donors (Lipinski definition) is 0. The highest BCUT2D eigenvalue weighted by Gasteiger charge is 2.14. The summed E-state index contributed by atoms with van der Waals surface area (Å²) in [6.07, 6.45) is 0. The summed E-state index contributed by atoms with van der Waals surface area (Å²) < 4.78 is 7.34. The lowest BCUT2D eigenvalue weighted by Gasteiger charge is -2.11. The zero-order valence-corrected chi connectivity index (χ0v) is 13.2. The minimum Gasteiger partial charge on any atom is -0.496 e. The number of imidazole rings is 1. The van der Waals surface area contributed by atoms with Gasteiger partial charge in [-0.3, -0.25) is 4.57 Å². The van der Waals surface area contributed by atoms with Crippen molar-refractivity contribution in [3.8, 4) is 11.4 Å². The number of para-hydroxylation sites is 1. The average molecular weight is 321 g/mol. The quantitative estimate of drug-likeness (QED) is 0.652. The summed E-state index contributed by atoms with van der Waals surface area (Å²) in [6, 6.07) is 11.7. The molecule has 0 aliphatic carbocycles. The molecule has 3 nitrogen and oxygen atoms in total. The van der Waals surface area contributed by atoms with Crippen molar-refractivity contribution in [3.05, 3.63) is 52.8 Å². The Morgan fingerprint density at radius 3 is 2.71 bits per heavy atom. The predicted molar refractivity (Wildman–Crippen MR) is 86.9 cm³/mol. The lowest BCUT2D eigenvalue weighted by Crippen LogP contribution is -2.00. The molecule has 5 heteroatoms. The number of halogens is 2. The van der Waals surface area contributed by atoms with Crippen molar-refractivity contribution in [2.45, 2.75) is 12.8 Å². The van der Waals surface area contributed by atoms with E-state index >= 15 is 0 Å². The first-order valence-electron chi connectivity index (χ1n) is 6.52. The van der Waals surface area contributed by atoms with E-state index in [1.165, 1.54) is 0 Å². The van der Waals surface area contributed by atoms with Crippen LogP contribution >= 0.6 is 23.2 Å². The Kier molecular flexibility index (Phi) is 3.79. The normalized spacial score (nSPS) is 11.0. The van der Waals surface area contributed by atoms with Gasteiger partial charge in [0.05, 0.1) is 23.5 Å². The highest BCUT2D eigenvalue weighted by atomic mass is 35.5. The lowest BCUT2D eigenvalue weighted by molar-refractivity contribution is 0.411. The Morgan fingerprint density at radius 1 is 1.24 bits per heavy atom. The minimum atomic E-state index is 0.316. The van der Waals surface area contributed by atoms with E-state index in [9.17, 15) is 0 Å². The molecular formula is C16H14Cl2N2O. The summed E-state index contributed by atoms with van der Waals surface area (Å²) in [5.41, 5.74) is 3.76. The van der Waals surface area contributed by atoms with E-state index < -0.39 is 0 Å². The van der Waals surface area contributed by atoms with Crippen LogP contribution in [-0.4, -0.2) is 16.7 Å². The molecule has 3 rings (SSSR count). The highest BCUT2D eigenvalue weighted by Crippen LogP contribution is 2.29. The molecule has 3 aromatic rings. The fourth-order valence-electron chi connectivity index (χ4n) is 2.49. The molecular weight excluding hydrogens is 307 g/mol. The molecule has 0 unspecified atom stereocenters. The van der Waals surface area contributed by atoms with Crippen molar-refractivity contribution in [1.82, 2.24) is 9.55 Å². The maximum atomic E-state index is 6.23. The fourth-order valence-corrected chi connectivity index (χ4v) is 2.88. The van der Waals surface area contributed by atoms with Gasteiger partial charge in [0.2, 0.25) is 0 Å². The number of fused-ring (bicyclic) bond motifs is 1. The predicted octanol–water partition coefficient (Wildman–Crippen LogP) is 4.73. The molecule has 21 heavy (non-hydrogen) atoms. The first kappa shape index (κ1) is 14.2. The molecule has 0 aliphatic rings. The summed E-state index contributed by atoms with van der Waals surface area (Å²) in [5, 5.41) is 0.628. The molecule has 0 aliphatic heterocycles. The fraction of sp³-hybridized carbons (Fsp3) is 0.188. The van der Waals surface area contributed by atoms with Crippen LogP contribution in [0.5, 0.6) is 5.75 Å². The zero-order chi connectivity index (χ0) is 15.0. The topological polar surface area (TPSA) is 27.1 Å². The van der Waals surface area contributed by atoms with Gasteiger partial charge in [0.25, 0.3) is 0 Å². The minimum absolute atomic E-state index is 0.316. The Balaban J connectivity index is 2.28. The van der Waals surface area contributed by atoms with Gasteiger partial charge in [0.1, 0.15) is 17.1 Å². The lowest BCUT2D eigenvalue weighted by atomic mass is 10.2. The van der Waals surface area contributed by atoms with Gasteiger partial charge in [0.15, 0.2) is 0 Å². The Labute approximate surface area is 133 Å². The van der Waals surface area contributed by atoms with Crippen LogP contribution in [0.15, 0.2) is 36.4 Å². The van der Waals surface area contributed by atoms with Crippen molar-refractivity contribution in [2.24, 2.45) is 0 Å². The molecule has 0 saturated carbocycles. The molecule has 0 amide bonds. The zero-order valence-electron chi connectivity index (χ0n) is 11.7. The molecule has 0 spiro atoms. The van der Waals surface area contributed by atoms with Crippen LogP contribution in [-0.2, 0) is 5.88 Å². The molecule has 0 atom stereocenters. The van der Waals surface area contributed by atoms with Gasteiger partial charge in [-0.05, 0) is 42.8 Å². The van der Waals surface area contributed by atoms with E-state index in [-0.39, 0.29) is 0 Å². The number of nitrogens with zero attached hydrogens (tertiary/aromatic N) is 2. The number of aromatic nitrogens is 2. The van der Waals surface area contributed by atoms with Gasteiger partial charge < -0.3 is 4.74 Å². The van der Waals surface area contributed by atoms with Crippen molar-refractivity contribution >= 4 is 34.2 Å². The average Bonchev–Trinajstić information content (AvgIpc) is 2.87. The molecule has 0 fully saturated rings. The molecule has 0 radical (unpaired) electrons. The first-order valence-corrected chi connectivity index (χ1v) is 7.43. The molecule has 0 bridgehead atoms. The van der Waals surface area contributed by atoms with Crippen molar-refractivity contribution in [2.75, 3.05) is 7.11 Å². The Morgan fingerprint density at radius 2 is 2.05 bits per heavy atom. The van der Waals surface area contributed by atoms with E-state index in [1.54, 1.807) is 7.11 Å². The maximum absolute atomic E-state index is 6.23. The second-order valence-electron chi connectivity index (χ2n) is 4.76. The number of ether oxygens (including phenoxy) is 1. The van der Waals surface area contributed by atoms with E-state index in [1.807, 2.05) is 41.8 Å². The standard InChI is InChI=1S/C16H14Cl2N2O/c1-10-8-11(6-7-14(10)21-2)20-13-5-3-4-12(18)16(13)19-15(20)9-17/h3-8H,9H2,1-2H3. The highest BCUT2D eigenvalue weighted by molar-refractivity contribution is 6.35. The Bertz CT molecular complexity index is 811. The van der Waals surface area contributed by atoms with Crippen LogP contribution in [0.2, 0.25) is 5.02 Å². The van der Waals surface area contributed by atoms with Crippen molar-refractivity contribution in [1.29, 1.82) is 0 Å². The number of rotatable bonds is 3. The van der Waals surface area contributed by atoms with Crippen LogP contribution in [0.3, 0.4) is 0 Å². The third-order valence-electron chi connectivity index (χ3n) is 3.46. The summed E-state index contributed by atoms with van der Waals surface area (Å²) in [4.78, 5) is 4.55. The SMILES string of the molecule is COc1ccc(-n2c(CCl)nc3c(Cl)cccc32)cc1C. The summed E-state index contributed by atoms with van der Waals surface area (Å²) in [5.74, 6) is 1.94. The number of aryl methyl sites for hydroxylation is 1. The number of benzene rings is 2.